The van der Waals surface area contributed by atoms with E-state index in [1.165, 1.54) is 18.4 Å². The van der Waals surface area contributed by atoms with Crippen LogP contribution >= 0.6 is 11.9 Å². The number of phenols is 1. The van der Waals surface area contributed by atoms with Crippen LogP contribution in [0.3, 0.4) is 0 Å². The zero-order valence-electron chi connectivity index (χ0n) is 17.7. The monoisotopic (exact) mass is 435 g/mol. The third-order valence-corrected chi connectivity index (χ3v) is 6.47. The zero-order valence-corrected chi connectivity index (χ0v) is 18.5. The highest BCUT2D eigenvalue weighted by molar-refractivity contribution is 8.00. The van der Waals surface area contributed by atoms with Gasteiger partial charge in [0, 0.05) is 28.4 Å². The second-order valence-corrected chi connectivity index (χ2v) is 8.58. The van der Waals surface area contributed by atoms with Crippen LogP contribution in [0.5, 0.6) is 11.5 Å². The van der Waals surface area contributed by atoms with Gasteiger partial charge >= 0.3 is 0 Å². The van der Waals surface area contributed by atoms with Gasteiger partial charge in [0.1, 0.15) is 0 Å². The Kier molecular flexibility index (Phi) is 7.22. The summed E-state index contributed by atoms with van der Waals surface area (Å²) in [5.74, 6) is 1.32. The summed E-state index contributed by atoms with van der Waals surface area (Å²) in [5, 5.41) is 17.0. The molecule has 0 atom stereocenters. The SMILES string of the molecule is COc1cccc(CNc2ccc(SNc3cccc(C4CCNCC4)c3)cc2)c1O. The van der Waals surface area contributed by atoms with Gasteiger partial charge < -0.3 is 25.2 Å². The molecule has 0 radical (unpaired) electrons. The largest absolute Gasteiger partial charge is 0.504 e. The summed E-state index contributed by atoms with van der Waals surface area (Å²) < 4.78 is 8.64. The van der Waals surface area contributed by atoms with Crippen molar-refractivity contribution in [1.82, 2.24) is 5.32 Å². The summed E-state index contributed by atoms with van der Waals surface area (Å²) in [5.41, 5.74) is 4.36. The molecule has 162 valence electrons. The van der Waals surface area contributed by atoms with Gasteiger partial charge in [0.25, 0.3) is 0 Å². The lowest BCUT2D eigenvalue weighted by Crippen LogP contribution is -2.26. The van der Waals surface area contributed by atoms with Crippen molar-refractivity contribution in [2.24, 2.45) is 0 Å². The molecule has 31 heavy (non-hydrogen) atoms. The molecule has 3 aromatic carbocycles. The normalized spacial score (nSPS) is 14.2. The standard InChI is InChI=1S/C25H29N3O2S/c1-30-24-7-3-5-20(25(24)29)17-27-21-8-10-23(11-9-21)31-28-22-6-2-4-19(16-22)18-12-14-26-15-13-18/h2-11,16,18,26-29H,12-15,17H2,1H3. The van der Waals surface area contributed by atoms with E-state index in [9.17, 15) is 5.11 Å². The van der Waals surface area contributed by atoms with Crippen LogP contribution < -0.4 is 20.1 Å². The van der Waals surface area contributed by atoms with Crippen molar-refractivity contribution in [2.45, 2.75) is 30.2 Å². The molecule has 0 aromatic heterocycles. The van der Waals surface area contributed by atoms with E-state index in [-0.39, 0.29) is 5.75 Å². The van der Waals surface area contributed by atoms with Gasteiger partial charge in [-0.05, 0) is 91.8 Å². The van der Waals surface area contributed by atoms with Crippen LogP contribution in [0.1, 0.15) is 29.9 Å². The number of anilines is 2. The van der Waals surface area contributed by atoms with Crippen molar-refractivity contribution in [3.05, 3.63) is 77.9 Å². The van der Waals surface area contributed by atoms with Crippen molar-refractivity contribution in [3.63, 3.8) is 0 Å². The minimum atomic E-state index is 0.181. The highest BCUT2D eigenvalue weighted by Gasteiger charge is 2.15. The summed E-state index contributed by atoms with van der Waals surface area (Å²) in [6.45, 7) is 2.74. The van der Waals surface area contributed by atoms with E-state index >= 15 is 0 Å². The van der Waals surface area contributed by atoms with E-state index in [1.54, 1.807) is 25.1 Å². The van der Waals surface area contributed by atoms with E-state index in [4.69, 9.17) is 4.74 Å². The molecule has 0 amide bonds. The highest BCUT2D eigenvalue weighted by Crippen LogP contribution is 2.31. The number of ether oxygens (including phenoxy) is 1. The van der Waals surface area contributed by atoms with Gasteiger partial charge in [-0.3, -0.25) is 0 Å². The Balaban J connectivity index is 1.31. The van der Waals surface area contributed by atoms with Crippen molar-refractivity contribution >= 4 is 23.3 Å². The molecule has 4 rings (SSSR count). The van der Waals surface area contributed by atoms with E-state index < -0.39 is 0 Å². The second kappa shape index (κ2) is 10.5. The third kappa shape index (κ3) is 5.66. The lowest BCUT2D eigenvalue weighted by atomic mass is 9.90. The Morgan fingerprint density at radius 3 is 2.55 bits per heavy atom. The number of piperidine rings is 1. The van der Waals surface area contributed by atoms with E-state index in [2.05, 4.69) is 51.8 Å². The van der Waals surface area contributed by atoms with Gasteiger partial charge in [-0.2, -0.15) is 0 Å². The molecule has 3 aromatic rings. The summed E-state index contributed by atoms with van der Waals surface area (Å²) >= 11 is 1.61. The van der Waals surface area contributed by atoms with Gasteiger partial charge in [0.05, 0.1) is 7.11 Å². The molecule has 1 heterocycles. The highest BCUT2D eigenvalue weighted by atomic mass is 32.2. The molecule has 5 nitrogen and oxygen atoms in total. The molecule has 0 aliphatic carbocycles. The van der Waals surface area contributed by atoms with Crippen LogP contribution in [-0.2, 0) is 6.54 Å². The molecule has 1 fully saturated rings. The number of hydrogen-bond donors (Lipinski definition) is 4. The van der Waals surface area contributed by atoms with Crippen molar-refractivity contribution in [3.8, 4) is 11.5 Å². The molecule has 6 heteroatoms. The molecule has 1 saturated heterocycles. The first-order chi connectivity index (χ1) is 15.2. The molecule has 0 spiro atoms. The topological polar surface area (TPSA) is 65.5 Å². The second-order valence-electron chi connectivity index (χ2n) is 7.70. The first-order valence-corrected chi connectivity index (χ1v) is 11.5. The van der Waals surface area contributed by atoms with Crippen LogP contribution in [0.4, 0.5) is 11.4 Å². The minimum absolute atomic E-state index is 0.181. The first kappa shape index (κ1) is 21.4. The van der Waals surface area contributed by atoms with Crippen LogP contribution in [0.2, 0.25) is 0 Å². The number of para-hydroxylation sites is 1. The van der Waals surface area contributed by atoms with Crippen molar-refractivity contribution < 1.29 is 9.84 Å². The molecular formula is C25H29N3O2S. The molecule has 4 N–H and O–H groups in total. The Morgan fingerprint density at radius 2 is 1.77 bits per heavy atom. The van der Waals surface area contributed by atoms with Gasteiger partial charge in [-0.1, -0.05) is 24.3 Å². The van der Waals surface area contributed by atoms with Crippen LogP contribution in [0.25, 0.3) is 0 Å². The van der Waals surface area contributed by atoms with E-state index in [1.807, 2.05) is 24.3 Å². The molecule has 0 unspecified atom stereocenters. The smallest absolute Gasteiger partial charge is 0.162 e. The van der Waals surface area contributed by atoms with Gasteiger partial charge in [-0.15, -0.1) is 0 Å². The molecule has 0 saturated carbocycles. The maximum absolute atomic E-state index is 10.2. The quantitative estimate of drug-likeness (QED) is 0.346. The molecular weight excluding hydrogens is 406 g/mol. The molecule has 1 aliphatic heterocycles. The van der Waals surface area contributed by atoms with Gasteiger partial charge in [0.15, 0.2) is 11.5 Å². The zero-order chi connectivity index (χ0) is 21.5. The number of nitrogens with one attached hydrogen (secondary N) is 3. The first-order valence-electron chi connectivity index (χ1n) is 10.7. The number of hydrogen-bond acceptors (Lipinski definition) is 6. The number of methoxy groups -OCH3 is 1. The number of benzene rings is 3. The number of phenolic OH excluding ortho intramolecular Hbond substituents is 1. The van der Waals surface area contributed by atoms with Crippen LogP contribution in [-0.4, -0.2) is 25.3 Å². The summed E-state index contributed by atoms with van der Waals surface area (Å²) in [7, 11) is 1.56. The summed E-state index contributed by atoms with van der Waals surface area (Å²) in [6.07, 6.45) is 2.41. The average molecular weight is 436 g/mol. The lowest BCUT2D eigenvalue weighted by Gasteiger charge is -2.23. The lowest BCUT2D eigenvalue weighted by molar-refractivity contribution is 0.371. The Morgan fingerprint density at radius 1 is 1.00 bits per heavy atom. The fourth-order valence-electron chi connectivity index (χ4n) is 3.84. The average Bonchev–Trinajstić information content (AvgIpc) is 2.83. The molecule has 0 bridgehead atoms. The van der Waals surface area contributed by atoms with E-state index in [0.29, 0.717) is 18.2 Å². The Labute approximate surface area is 188 Å². The predicted octanol–water partition coefficient (Wildman–Crippen LogP) is 5.60. The van der Waals surface area contributed by atoms with E-state index in [0.717, 1.165) is 34.9 Å². The van der Waals surface area contributed by atoms with Crippen LogP contribution in [0.15, 0.2) is 71.6 Å². The van der Waals surface area contributed by atoms with Crippen LogP contribution in [0, 0.1) is 0 Å². The molecule has 1 aliphatic rings. The predicted molar refractivity (Wildman–Crippen MR) is 129 cm³/mol. The minimum Gasteiger partial charge on any atom is -0.504 e. The maximum atomic E-state index is 10.2. The van der Waals surface area contributed by atoms with Gasteiger partial charge in [-0.25, -0.2) is 0 Å². The Hall–Kier alpha value is -2.83. The van der Waals surface area contributed by atoms with Gasteiger partial charge in [0.2, 0.25) is 0 Å². The fourth-order valence-corrected chi connectivity index (χ4v) is 4.48. The number of aromatic hydroxyl groups is 1. The summed E-state index contributed by atoms with van der Waals surface area (Å²) in [4.78, 5) is 1.14. The number of rotatable bonds is 8. The Bertz CT molecular complexity index is 988. The van der Waals surface area contributed by atoms with Crippen molar-refractivity contribution in [1.29, 1.82) is 0 Å². The maximum Gasteiger partial charge on any atom is 0.162 e. The third-order valence-electron chi connectivity index (χ3n) is 5.62. The summed E-state index contributed by atoms with van der Waals surface area (Å²) in [6, 6.07) is 22.6. The van der Waals surface area contributed by atoms with Crippen molar-refractivity contribution in [2.75, 3.05) is 30.2 Å². The fraction of sp³-hybridized carbons (Fsp3) is 0.280.